The standard InChI is InChI=1S/C20H21ClN4O2/c1-14-11-17(19(27-2)12-16(14)21)23-20(26)25-9-7-24(8-10-25)18-6-4-3-5-15(18)13-22/h3-6,11-12H,7-10H2,1-2H3,(H,23,26). The average Bonchev–Trinajstić information content (AvgIpc) is 2.70. The lowest BCUT2D eigenvalue weighted by Crippen LogP contribution is -2.50. The molecule has 0 unspecified atom stereocenters. The minimum Gasteiger partial charge on any atom is -0.495 e. The molecule has 2 amide bonds. The van der Waals surface area contributed by atoms with Crippen LogP contribution in [0.2, 0.25) is 5.02 Å². The minimum atomic E-state index is -0.178. The van der Waals surface area contributed by atoms with Crippen molar-refractivity contribution in [2.45, 2.75) is 6.92 Å². The van der Waals surface area contributed by atoms with Crippen LogP contribution >= 0.6 is 11.6 Å². The molecule has 3 rings (SSSR count). The van der Waals surface area contributed by atoms with Gasteiger partial charge in [0.05, 0.1) is 24.0 Å². The highest BCUT2D eigenvalue weighted by atomic mass is 35.5. The molecule has 0 aliphatic carbocycles. The number of amides is 2. The molecule has 1 N–H and O–H groups in total. The predicted octanol–water partition coefficient (Wildman–Crippen LogP) is 3.88. The van der Waals surface area contributed by atoms with Gasteiger partial charge in [-0.3, -0.25) is 0 Å². The number of hydrogen-bond acceptors (Lipinski definition) is 4. The Morgan fingerprint density at radius 1 is 1.22 bits per heavy atom. The smallest absolute Gasteiger partial charge is 0.322 e. The molecule has 0 saturated carbocycles. The fourth-order valence-electron chi connectivity index (χ4n) is 3.12. The molecule has 27 heavy (non-hydrogen) atoms. The first-order chi connectivity index (χ1) is 13.0. The van der Waals surface area contributed by atoms with Gasteiger partial charge in [-0.05, 0) is 30.7 Å². The summed E-state index contributed by atoms with van der Waals surface area (Å²) in [5.41, 5.74) is 3.03. The first-order valence-electron chi connectivity index (χ1n) is 8.67. The Bertz CT molecular complexity index is 886. The van der Waals surface area contributed by atoms with E-state index < -0.39 is 0 Å². The Balaban J connectivity index is 1.66. The van der Waals surface area contributed by atoms with Crippen molar-refractivity contribution in [3.05, 3.63) is 52.5 Å². The van der Waals surface area contributed by atoms with Crippen LogP contribution in [0.25, 0.3) is 0 Å². The van der Waals surface area contributed by atoms with E-state index in [1.165, 1.54) is 0 Å². The molecular formula is C20H21ClN4O2. The summed E-state index contributed by atoms with van der Waals surface area (Å²) in [5.74, 6) is 0.528. The van der Waals surface area contributed by atoms with Gasteiger partial charge < -0.3 is 19.9 Å². The SMILES string of the molecule is COc1cc(Cl)c(C)cc1NC(=O)N1CCN(c2ccccc2C#N)CC1. The molecule has 0 radical (unpaired) electrons. The third-order valence-corrected chi connectivity index (χ3v) is 5.06. The minimum absolute atomic E-state index is 0.178. The molecule has 0 spiro atoms. The normalized spacial score (nSPS) is 13.9. The number of nitriles is 1. The third-order valence-electron chi connectivity index (χ3n) is 4.65. The molecular weight excluding hydrogens is 364 g/mol. The summed E-state index contributed by atoms with van der Waals surface area (Å²) in [5, 5.41) is 12.8. The number of hydrogen-bond donors (Lipinski definition) is 1. The number of benzene rings is 2. The molecule has 1 heterocycles. The summed E-state index contributed by atoms with van der Waals surface area (Å²) in [6, 6.07) is 13.1. The number of carbonyl (C=O) groups excluding carboxylic acids is 1. The van der Waals surface area contributed by atoms with E-state index in [2.05, 4.69) is 16.3 Å². The number of rotatable bonds is 3. The van der Waals surface area contributed by atoms with Gasteiger partial charge in [0.1, 0.15) is 11.8 Å². The number of carbonyl (C=O) groups is 1. The first-order valence-corrected chi connectivity index (χ1v) is 9.05. The summed E-state index contributed by atoms with van der Waals surface area (Å²) in [7, 11) is 1.54. The van der Waals surface area contributed by atoms with Crippen LogP contribution in [0, 0.1) is 18.3 Å². The number of ether oxygens (including phenoxy) is 1. The van der Waals surface area contributed by atoms with E-state index in [0.29, 0.717) is 48.2 Å². The van der Waals surface area contributed by atoms with E-state index in [-0.39, 0.29) is 6.03 Å². The molecule has 7 heteroatoms. The Morgan fingerprint density at radius 2 is 1.93 bits per heavy atom. The maximum atomic E-state index is 12.7. The van der Waals surface area contributed by atoms with Crippen LogP contribution in [0.5, 0.6) is 5.75 Å². The monoisotopic (exact) mass is 384 g/mol. The molecule has 1 aliphatic heterocycles. The van der Waals surface area contributed by atoms with Crippen molar-refractivity contribution in [3.8, 4) is 11.8 Å². The van der Waals surface area contributed by atoms with Crippen LogP contribution in [0.3, 0.4) is 0 Å². The summed E-state index contributed by atoms with van der Waals surface area (Å²) in [4.78, 5) is 16.5. The van der Waals surface area contributed by atoms with Gasteiger partial charge in [-0.1, -0.05) is 23.7 Å². The number of halogens is 1. The predicted molar refractivity (Wildman–Crippen MR) is 107 cm³/mol. The van der Waals surface area contributed by atoms with Crippen molar-refractivity contribution in [3.63, 3.8) is 0 Å². The van der Waals surface area contributed by atoms with Gasteiger partial charge in [0, 0.05) is 37.3 Å². The van der Waals surface area contributed by atoms with Crippen LogP contribution in [0.15, 0.2) is 36.4 Å². The molecule has 1 fully saturated rings. The third kappa shape index (κ3) is 4.09. The second-order valence-corrected chi connectivity index (χ2v) is 6.74. The summed E-state index contributed by atoms with van der Waals surface area (Å²) >= 11 is 6.12. The van der Waals surface area contributed by atoms with Crippen molar-refractivity contribution in [1.29, 1.82) is 5.26 Å². The van der Waals surface area contributed by atoms with Crippen molar-refractivity contribution in [2.75, 3.05) is 43.5 Å². The number of nitrogens with one attached hydrogen (secondary N) is 1. The maximum absolute atomic E-state index is 12.7. The molecule has 140 valence electrons. The number of nitrogens with zero attached hydrogens (tertiary/aromatic N) is 3. The number of methoxy groups -OCH3 is 1. The van der Waals surface area contributed by atoms with Gasteiger partial charge in [-0.15, -0.1) is 0 Å². The van der Waals surface area contributed by atoms with E-state index in [1.54, 1.807) is 24.1 Å². The number of anilines is 2. The largest absolute Gasteiger partial charge is 0.495 e. The van der Waals surface area contributed by atoms with Crippen molar-refractivity contribution < 1.29 is 9.53 Å². The highest BCUT2D eigenvalue weighted by Crippen LogP contribution is 2.31. The molecule has 1 saturated heterocycles. The molecule has 2 aromatic rings. The Labute approximate surface area is 163 Å². The lowest BCUT2D eigenvalue weighted by molar-refractivity contribution is 0.208. The fourth-order valence-corrected chi connectivity index (χ4v) is 3.27. The van der Waals surface area contributed by atoms with E-state index in [9.17, 15) is 10.1 Å². The quantitative estimate of drug-likeness (QED) is 0.871. The topological polar surface area (TPSA) is 68.6 Å². The second-order valence-electron chi connectivity index (χ2n) is 6.33. The Kier molecular flexibility index (Phi) is 5.72. The molecule has 2 aromatic carbocycles. The van der Waals surface area contributed by atoms with E-state index >= 15 is 0 Å². The number of para-hydroxylation sites is 1. The number of urea groups is 1. The van der Waals surface area contributed by atoms with Gasteiger partial charge in [-0.25, -0.2) is 4.79 Å². The summed E-state index contributed by atoms with van der Waals surface area (Å²) in [6.07, 6.45) is 0. The van der Waals surface area contributed by atoms with Gasteiger partial charge >= 0.3 is 6.03 Å². The van der Waals surface area contributed by atoms with E-state index in [4.69, 9.17) is 16.3 Å². The Morgan fingerprint density at radius 3 is 2.59 bits per heavy atom. The van der Waals surface area contributed by atoms with Gasteiger partial charge in [-0.2, -0.15) is 5.26 Å². The van der Waals surface area contributed by atoms with Crippen LogP contribution in [0.1, 0.15) is 11.1 Å². The molecule has 6 nitrogen and oxygen atoms in total. The lowest BCUT2D eigenvalue weighted by atomic mass is 10.1. The van der Waals surface area contributed by atoms with E-state index in [0.717, 1.165) is 11.3 Å². The van der Waals surface area contributed by atoms with Crippen LogP contribution in [-0.4, -0.2) is 44.2 Å². The second kappa shape index (κ2) is 8.19. The average molecular weight is 385 g/mol. The fraction of sp³-hybridized carbons (Fsp3) is 0.300. The summed E-state index contributed by atoms with van der Waals surface area (Å²) in [6.45, 7) is 4.36. The molecule has 0 atom stereocenters. The van der Waals surface area contributed by atoms with Crippen molar-refractivity contribution >= 4 is 29.0 Å². The van der Waals surface area contributed by atoms with Crippen molar-refractivity contribution in [2.24, 2.45) is 0 Å². The van der Waals surface area contributed by atoms with Crippen LogP contribution in [-0.2, 0) is 0 Å². The van der Waals surface area contributed by atoms with Gasteiger partial charge in [0.15, 0.2) is 0 Å². The van der Waals surface area contributed by atoms with Crippen LogP contribution < -0.4 is 15.0 Å². The zero-order chi connectivity index (χ0) is 19.4. The zero-order valence-corrected chi connectivity index (χ0v) is 16.1. The van der Waals surface area contributed by atoms with Crippen LogP contribution in [0.4, 0.5) is 16.2 Å². The first kappa shape index (κ1) is 18.9. The van der Waals surface area contributed by atoms with Gasteiger partial charge in [0.2, 0.25) is 0 Å². The number of piperazine rings is 1. The highest BCUT2D eigenvalue weighted by molar-refractivity contribution is 6.31. The summed E-state index contributed by atoms with van der Waals surface area (Å²) < 4.78 is 5.31. The lowest BCUT2D eigenvalue weighted by Gasteiger charge is -2.36. The van der Waals surface area contributed by atoms with E-state index in [1.807, 2.05) is 31.2 Å². The Hall–Kier alpha value is -2.91. The molecule has 0 aromatic heterocycles. The highest BCUT2D eigenvalue weighted by Gasteiger charge is 2.23. The maximum Gasteiger partial charge on any atom is 0.322 e. The van der Waals surface area contributed by atoms with Crippen molar-refractivity contribution in [1.82, 2.24) is 4.90 Å². The molecule has 1 aliphatic rings. The zero-order valence-electron chi connectivity index (χ0n) is 15.3. The molecule has 0 bridgehead atoms. The van der Waals surface area contributed by atoms with Gasteiger partial charge in [0.25, 0.3) is 0 Å². The number of aryl methyl sites for hydroxylation is 1.